The van der Waals surface area contributed by atoms with Crippen molar-refractivity contribution in [1.82, 2.24) is 5.32 Å². The topological polar surface area (TPSA) is 72.2 Å². The second-order valence-corrected chi connectivity index (χ2v) is 4.38. The van der Waals surface area contributed by atoms with Crippen molar-refractivity contribution in [2.45, 2.75) is 45.3 Å². The fourth-order valence-corrected chi connectivity index (χ4v) is 1.99. The predicted octanol–water partition coefficient (Wildman–Crippen LogP) is 1.54. The van der Waals surface area contributed by atoms with Gasteiger partial charge in [-0.15, -0.1) is 0 Å². The minimum absolute atomic E-state index is 0.0219. The average molecular weight is 248 g/mol. The van der Waals surface area contributed by atoms with Crippen LogP contribution in [-0.4, -0.2) is 29.9 Å². The molecule has 5 heteroatoms. The lowest BCUT2D eigenvalue weighted by molar-refractivity contribution is -0.120. The maximum absolute atomic E-state index is 11.3. The van der Waals surface area contributed by atoms with Crippen LogP contribution in [0.5, 0.6) is 0 Å². The molecule has 0 aliphatic rings. The summed E-state index contributed by atoms with van der Waals surface area (Å²) in [6.07, 6.45) is 2.49. The number of amides is 1. The minimum atomic E-state index is -0.260. The molecular formula is C11H24N2O2S. The van der Waals surface area contributed by atoms with E-state index in [2.05, 4.69) is 5.32 Å². The molecule has 0 saturated carbocycles. The lowest BCUT2D eigenvalue weighted by Crippen LogP contribution is -2.30. The summed E-state index contributed by atoms with van der Waals surface area (Å²) in [6, 6.07) is 0. The minimum Gasteiger partial charge on any atom is -0.358 e. The monoisotopic (exact) mass is 248 g/mol. The van der Waals surface area contributed by atoms with Crippen molar-refractivity contribution in [3.63, 3.8) is 0 Å². The third-order valence-corrected chi connectivity index (χ3v) is 2.83. The molecule has 1 atom stereocenters. The van der Waals surface area contributed by atoms with Gasteiger partial charge in [-0.25, -0.2) is 0 Å². The van der Waals surface area contributed by atoms with E-state index in [1.807, 2.05) is 13.8 Å². The Morgan fingerprint density at radius 3 is 2.25 bits per heavy atom. The van der Waals surface area contributed by atoms with Gasteiger partial charge in [-0.2, -0.15) is 0 Å². The van der Waals surface area contributed by atoms with Gasteiger partial charge in [-0.3, -0.25) is 9.59 Å². The number of unbranched alkanes of at least 4 members (excludes halogenated alkanes) is 1. The number of thioether (sulfide) groups is 1. The predicted molar refractivity (Wildman–Crippen MR) is 70.4 cm³/mol. The summed E-state index contributed by atoms with van der Waals surface area (Å²) in [5.74, 6) is -0.0813. The second kappa shape index (κ2) is 12.5. The van der Waals surface area contributed by atoms with Crippen LogP contribution in [0.15, 0.2) is 0 Å². The largest absolute Gasteiger partial charge is 0.358 e. The number of hydrogen-bond donors (Lipinski definition) is 2. The molecule has 0 aromatic heterocycles. The smallest absolute Gasteiger partial charge is 0.233 e. The van der Waals surface area contributed by atoms with Crippen LogP contribution in [0.3, 0.4) is 0 Å². The highest BCUT2D eigenvalue weighted by Crippen LogP contribution is 2.18. The third kappa shape index (κ3) is 9.98. The molecule has 0 aliphatic carbocycles. The number of carbonyl (C=O) groups excluding carboxylic acids is 2. The van der Waals surface area contributed by atoms with Gasteiger partial charge in [-0.1, -0.05) is 32.0 Å². The highest BCUT2D eigenvalue weighted by atomic mass is 32.2. The van der Waals surface area contributed by atoms with Gasteiger partial charge >= 0.3 is 0 Å². The van der Waals surface area contributed by atoms with Crippen LogP contribution in [0.4, 0.5) is 0 Å². The van der Waals surface area contributed by atoms with E-state index in [4.69, 9.17) is 5.73 Å². The Morgan fingerprint density at radius 2 is 1.88 bits per heavy atom. The van der Waals surface area contributed by atoms with Crippen molar-refractivity contribution >= 4 is 22.8 Å². The Bertz CT molecular complexity index is 198. The van der Waals surface area contributed by atoms with Crippen LogP contribution in [0.1, 0.15) is 40.0 Å². The van der Waals surface area contributed by atoms with Gasteiger partial charge in [0, 0.05) is 14.0 Å². The van der Waals surface area contributed by atoms with Crippen LogP contribution in [-0.2, 0) is 9.59 Å². The zero-order valence-electron chi connectivity index (χ0n) is 10.7. The Morgan fingerprint density at radius 1 is 1.31 bits per heavy atom. The molecule has 0 rings (SSSR count). The van der Waals surface area contributed by atoms with Crippen LogP contribution in [0.25, 0.3) is 0 Å². The van der Waals surface area contributed by atoms with Crippen LogP contribution >= 0.6 is 11.8 Å². The molecule has 0 fully saturated rings. The lowest BCUT2D eigenvalue weighted by atomic mass is 10.2. The fraction of sp³-hybridized carbons (Fsp3) is 0.818. The molecular weight excluding hydrogens is 224 g/mol. The van der Waals surface area contributed by atoms with E-state index in [0.717, 1.165) is 24.6 Å². The molecule has 0 saturated heterocycles. The van der Waals surface area contributed by atoms with Crippen molar-refractivity contribution in [3.8, 4) is 0 Å². The molecule has 3 N–H and O–H groups in total. The molecule has 0 bridgehead atoms. The molecule has 0 spiro atoms. The van der Waals surface area contributed by atoms with Crippen molar-refractivity contribution in [2.24, 2.45) is 5.73 Å². The molecule has 96 valence electrons. The van der Waals surface area contributed by atoms with Gasteiger partial charge in [0.25, 0.3) is 0 Å². The highest BCUT2D eigenvalue weighted by Gasteiger charge is 2.18. The molecule has 0 aromatic rings. The average Bonchev–Trinajstić information content (AvgIpc) is 2.29. The van der Waals surface area contributed by atoms with Crippen molar-refractivity contribution in [1.29, 1.82) is 0 Å². The van der Waals surface area contributed by atoms with Crippen LogP contribution in [0.2, 0.25) is 0 Å². The SMILES string of the molecule is CC.CNC(=O)C(CCCCN)SC(C)=O. The van der Waals surface area contributed by atoms with Crippen molar-refractivity contribution in [2.75, 3.05) is 13.6 Å². The standard InChI is InChI=1S/C9H18N2O2S.C2H6/c1-7(12)14-8(9(13)11-2)5-3-4-6-10;1-2/h8H,3-6,10H2,1-2H3,(H,11,13);1-2H3. The van der Waals surface area contributed by atoms with Gasteiger partial charge in [-0.05, 0) is 19.4 Å². The number of rotatable bonds is 6. The first-order valence-corrected chi connectivity index (χ1v) is 6.58. The molecule has 1 unspecified atom stereocenters. The number of carbonyl (C=O) groups is 2. The normalized spacial score (nSPS) is 11.1. The maximum atomic E-state index is 11.3. The molecule has 4 nitrogen and oxygen atoms in total. The van der Waals surface area contributed by atoms with Crippen molar-refractivity contribution < 1.29 is 9.59 Å². The summed E-state index contributed by atoms with van der Waals surface area (Å²) in [6.45, 7) is 6.11. The Hall–Kier alpha value is -0.550. The van der Waals surface area contributed by atoms with E-state index >= 15 is 0 Å². The molecule has 0 heterocycles. The lowest BCUT2D eigenvalue weighted by Gasteiger charge is -2.12. The first-order valence-electron chi connectivity index (χ1n) is 5.70. The van der Waals surface area contributed by atoms with E-state index in [1.54, 1.807) is 7.05 Å². The quantitative estimate of drug-likeness (QED) is 0.699. The molecule has 0 aromatic carbocycles. The molecule has 1 amide bonds. The third-order valence-electron chi connectivity index (χ3n) is 1.77. The van der Waals surface area contributed by atoms with Crippen molar-refractivity contribution in [3.05, 3.63) is 0 Å². The number of nitrogens with two attached hydrogens (primary N) is 1. The Balaban J connectivity index is 0. The van der Waals surface area contributed by atoms with Gasteiger partial charge in [0.05, 0.1) is 5.25 Å². The van der Waals surface area contributed by atoms with E-state index in [0.29, 0.717) is 13.0 Å². The summed E-state index contributed by atoms with van der Waals surface area (Å²) in [4.78, 5) is 22.2. The van der Waals surface area contributed by atoms with Gasteiger partial charge in [0.2, 0.25) is 5.91 Å². The summed E-state index contributed by atoms with van der Waals surface area (Å²) >= 11 is 1.09. The maximum Gasteiger partial charge on any atom is 0.233 e. The van der Waals surface area contributed by atoms with Gasteiger partial charge < -0.3 is 11.1 Å². The first kappa shape index (κ1) is 17.8. The molecule has 16 heavy (non-hydrogen) atoms. The summed E-state index contributed by atoms with van der Waals surface area (Å²) in [5, 5.41) is 2.27. The fourth-order valence-electron chi connectivity index (χ4n) is 1.08. The summed E-state index contributed by atoms with van der Waals surface area (Å²) < 4.78 is 0. The number of hydrogen-bond acceptors (Lipinski definition) is 4. The van der Waals surface area contributed by atoms with Gasteiger partial charge in [0.15, 0.2) is 5.12 Å². The Kier molecular flexibility index (Phi) is 14.0. The van der Waals surface area contributed by atoms with E-state index in [1.165, 1.54) is 6.92 Å². The van der Waals surface area contributed by atoms with Crippen LogP contribution in [0, 0.1) is 0 Å². The van der Waals surface area contributed by atoms with E-state index in [9.17, 15) is 9.59 Å². The first-order chi connectivity index (χ1) is 7.61. The van der Waals surface area contributed by atoms with Crippen LogP contribution < -0.4 is 11.1 Å². The molecule has 0 aliphatic heterocycles. The summed E-state index contributed by atoms with van der Waals surface area (Å²) in [7, 11) is 1.58. The van der Waals surface area contributed by atoms with E-state index in [-0.39, 0.29) is 16.3 Å². The molecule has 0 radical (unpaired) electrons. The second-order valence-electron chi connectivity index (χ2n) is 3.00. The number of nitrogens with one attached hydrogen (secondary N) is 1. The zero-order valence-corrected chi connectivity index (χ0v) is 11.5. The summed E-state index contributed by atoms with van der Waals surface area (Å²) in [5.41, 5.74) is 5.35. The zero-order chi connectivity index (χ0) is 13.0. The Labute approximate surface area is 103 Å². The van der Waals surface area contributed by atoms with E-state index < -0.39 is 0 Å². The van der Waals surface area contributed by atoms with Gasteiger partial charge in [0.1, 0.15) is 0 Å². The highest BCUT2D eigenvalue weighted by molar-refractivity contribution is 8.14.